The van der Waals surface area contributed by atoms with Crippen LogP contribution in [0.5, 0.6) is 11.5 Å². The Hall–Kier alpha value is -4.41. The van der Waals surface area contributed by atoms with Crippen molar-refractivity contribution in [3.63, 3.8) is 0 Å². The fourth-order valence-corrected chi connectivity index (χ4v) is 7.06. The van der Waals surface area contributed by atoms with Crippen LogP contribution < -0.4 is 14.8 Å². The quantitative estimate of drug-likeness (QED) is 0.260. The molecule has 2 aromatic carbocycles. The second kappa shape index (κ2) is 12.7. The summed E-state index contributed by atoms with van der Waals surface area (Å²) in [7, 11) is 0. The Morgan fingerprint density at radius 1 is 1.00 bits per heavy atom. The van der Waals surface area contributed by atoms with Crippen LogP contribution in [0.2, 0.25) is 0 Å². The average Bonchev–Trinajstić information content (AvgIpc) is 3.43. The summed E-state index contributed by atoms with van der Waals surface area (Å²) in [6, 6.07) is 19.8. The van der Waals surface area contributed by atoms with Crippen molar-refractivity contribution in [3.8, 4) is 22.6 Å². The number of benzene rings is 2. The van der Waals surface area contributed by atoms with E-state index in [0.29, 0.717) is 37.6 Å². The average molecular weight is 639 g/mol. The number of amides is 2. The first-order valence-corrected chi connectivity index (χ1v) is 16.5. The number of aromatic nitrogens is 2. The van der Waals surface area contributed by atoms with Crippen LogP contribution in [0, 0.1) is 5.41 Å². The maximum Gasteiger partial charge on any atom is 0.254 e. The topological polar surface area (TPSA) is 115 Å². The van der Waals surface area contributed by atoms with Gasteiger partial charge in [-0.25, -0.2) is 4.52 Å². The summed E-state index contributed by atoms with van der Waals surface area (Å²) in [4.78, 5) is 27.6. The standard InChI is InChI=1S/C37H42N4O6/c1-36(2,44)24-46-31-10-11-33-28(22-38-41(33)23-31)17-34(42)39-29-18-37(19-29)20-32(21-37)47-30-8-6-25(7-9-30)26-4-3-5-27(16-26)35(43)40-12-14-45-15-13-40/h3-11,16,22-23,29,32,44H,12-15,17-21,24H2,1-2H3,(H,39,42). The van der Waals surface area contributed by atoms with Gasteiger partial charge in [-0.2, -0.15) is 5.10 Å². The molecule has 0 bridgehead atoms. The van der Waals surface area contributed by atoms with Gasteiger partial charge in [-0.1, -0.05) is 24.3 Å². The Labute approximate surface area is 274 Å². The molecule has 3 fully saturated rings. The van der Waals surface area contributed by atoms with Gasteiger partial charge in [-0.05, 0) is 92.5 Å². The lowest BCUT2D eigenvalue weighted by Crippen LogP contribution is -2.58. The fraction of sp³-hybridized carbons (Fsp3) is 0.432. The van der Waals surface area contributed by atoms with Crippen molar-refractivity contribution in [2.24, 2.45) is 5.41 Å². The second-order valence-corrected chi connectivity index (χ2v) is 14.0. The predicted octanol–water partition coefficient (Wildman–Crippen LogP) is 4.67. The molecule has 3 heterocycles. The Balaban J connectivity index is 0.854. The number of carbonyl (C=O) groups is 2. The molecule has 7 rings (SSSR count). The smallest absolute Gasteiger partial charge is 0.254 e. The minimum absolute atomic E-state index is 0.00492. The molecule has 2 aliphatic carbocycles. The van der Waals surface area contributed by atoms with E-state index in [0.717, 1.165) is 53.6 Å². The molecule has 0 atom stereocenters. The van der Waals surface area contributed by atoms with Gasteiger partial charge in [0.25, 0.3) is 5.91 Å². The molecular formula is C37H42N4O6. The molecule has 2 aromatic heterocycles. The van der Waals surface area contributed by atoms with Crippen molar-refractivity contribution < 1.29 is 28.9 Å². The van der Waals surface area contributed by atoms with E-state index in [4.69, 9.17) is 14.2 Å². The summed E-state index contributed by atoms with van der Waals surface area (Å²) in [5.74, 6) is 1.51. The molecule has 3 aliphatic rings. The maximum absolute atomic E-state index is 12.9. The van der Waals surface area contributed by atoms with Gasteiger partial charge in [0.2, 0.25) is 5.91 Å². The SMILES string of the molecule is CC(C)(O)COc1ccc2c(CC(=O)NC3CC4(C3)CC(Oc3ccc(-c5cccc(C(=O)N6CCOCC6)c5)cc3)C4)cnn2c1. The predicted molar refractivity (Wildman–Crippen MR) is 177 cm³/mol. The third-order valence-electron chi connectivity index (χ3n) is 9.46. The Kier molecular flexibility index (Phi) is 8.40. The van der Waals surface area contributed by atoms with Crippen LogP contribution in [0.1, 0.15) is 55.5 Å². The number of hydrogen-bond donors (Lipinski definition) is 2. The van der Waals surface area contributed by atoms with Gasteiger partial charge in [-0.15, -0.1) is 0 Å². The van der Waals surface area contributed by atoms with Crippen molar-refractivity contribution in [1.82, 2.24) is 19.8 Å². The molecule has 0 unspecified atom stereocenters. The van der Waals surface area contributed by atoms with Crippen LogP contribution >= 0.6 is 0 Å². The van der Waals surface area contributed by atoms with Crippen LogP contribution in [-0.4, -0.2) is 82.1 Å². The van der Waals surface area contributed by atoms with Crippen LogP contribution in [0.4, 0.5) is 0 Å². The van der Waals surface area contributed by atoms with Crippen molar-refractivity contribution in [1.29, 1.82) is 0 Å². The first kappa shape index (κ1) is 31.2. The van der Waals surface area contributed by atoms with Crippen molar-refractivity contribution in [3.05, 3.63) is 84.2 Å². The van der Waals surface area contributed by atoms with E-state index in [1.54, 1.807) is 30.8 Å². The highest BCUT2D eigenvalue weighted by molar-refractivity contribution is 5.95. The molecule has 10 nitrogen and oxygen atoms in total. The van der Waals surface area contributed by atoms with E-state index in [1.165, 1.54) is 0 Å². The lowest BCUT2D eigenvalue weighted by Gasteiger charge is -2.57. The van der Waals surface area contributed by atoms with Crippen LogP contribution in [-0.2, 0) is 16.0 Å². The van der Waals surface area contributed by atoms with Gasteiger partial charge in [0.15, 0.2) is 0 Å². The van der Waals surface area contributed by atoms with Crippen molar-refractivity contribution >= 4 is 17.3 Å². The summed E-state index contributed by atoms with van der Waals surface area (Å²) in [6.07, 6.45) is 7.90. The number of pyridine rings is 1. The minimum Gasteiger partial charge on any atom is -0.490 e. The summed E-state index contributed by atoms with van der Waals surface area (Å²) in [5.41, 5.74) is 3.80. The van der Waals surface area contributed by atoms with Crippen LogP contribution in [0.15, 0.2) is 73.1 Å². The fourth-order valence-electron chi connectivity index (χ4n) is 7.06. The van der Waals surface area contributed by atoms with Gasteiger partial charge in [0.1, 0.15) is 18.1 Å². The minimum atomic E-state index is -0.925. The Morgan fingerprint density at radius 2 is 1.74 bits per heavy atom. The summed E-state index contributed by atoms with van der Waals surface area (Å²) < 4.78 is 19.0. The lowest BCUT2D eigenvalue weighted by atomic mass is 9.53. The molecule has 246 valence electrons. The number of carbonyl (C=O) groups excluding carboxylic acids is 2. The number of ether oxygens (including phenoxy) is 3. The van der Waals surface area contributed by atoms with Crippen LogP contribution in [0.25, 0.3) is 16.6 Å². The third-order valence-corrected chi connectivity index (χ3v) is 9.46. The highest BCUT2D eigenvalue weighted by Gasteiger charge is 2.54. The zero-order valence-electron chi connectivity index (χ0n) is 27.0. The molecule has 4 aromatic rings. The zero-order chi connectivity index (χ0) is 32.6. The molecule has 1 spiro atoms. The number of nitrogens with zero attached hydrogens (tertiary/aromatic N) is 3. The van der Waals surface area contributed by atoms with E-state index in [2.05, 4.69) is 10.4 Å². The molecule has 2 saturated carbocycles. The van der Waals surface area contributed by atoms with E-state index in [-0.39, 0.29) is 42.4 Å². The number of rotatable bonds is 10. The number of aliphatic hydroxyl groups is 1. The molecular weight excluding hydrogens is 596 g/mol. The Morgan fingerprint density at radius 3 is 2.49 bits per heavy atom. The summed E-state index contributed by atoms with van der Waals surface area (Å²) in [5, 5.41) is 17.5. The van der Waals surface area contributed by atoms with E-state index >= 15 is 0 Å². The molecule has 0 radical (unpaired) electrons. The van der Waals surface area contributed by atoms with Crippen molar-refractivity contribution in [2.75, 3.05) is 32.9 Å². The number of fused-ring (bicyclic) bond motifs is 1. The molecule has 10 heteroatoms. The molecule has 1 saturated heterocycles. The van der Waals surface area contributed by atoms with Gasteiger partial charge in [-0.3, -0.25) is 9.59 Å². The number of morpholine rings is 1. The normalized spacial score (nSPS) is 22.4. The van der Waals surface area contributed by atoms with Gasteiger partial charge in [0, 0.05) is 30.3 Å². The van der Waals surface area contributed by atoms with Crippen molar-refractivity contribution in [2.45, 2.75) is 63.7 Å². The molecule has 1 aliphatic heterocycles. The zero-order valence-corrected chi connectivity index (χ0v) is 27.0. The lowest BCUT2D eigenvalue weighted by molar-refractivity contribution is -0.126. The summed E-state index contributed by atoms with van der Waals surface area (Å²) in [6.45, 7) is 5.98. The van der Waals surface area contributed by atoms with Gasteiger partial charge >= 0.3 is 0 Å². The number of hydrogen-bond acceptors (Lipinski definition) is 7. The van der Waals surface area contributed by atoms with E-state index in [1.807, 2.05) is 65.6 Å². The Bertz CT molecular complexity index is 1740. The first-order valence-electron chi connectivity index (χ1n) is 16.5. The first-order chi connectivity index (χ1) is 22.6. The molecule has 47 heavy (non-hydrogen) atoms. The largest absolute Gasteiger partial charge is 0.490 e. The molecule has 2 N–H and O–H groups in total. The third kappa shape index (κ3) is 7.13. The highest BCUT2D eigenvalue weighted by Crippen LogP contribution is 2.56. The highest BCUT2D eigenvalue weighted by atomic mass is 16.5. The van der Waals surface area contributed by atoms with Crippen LogP contribution in [0.3, 0.4) is 0 Å². The van der Waals surface area contributed by atoms with E-state index in [9.17, 15) is 14.7 Å². The maximum atomic E-state index is 12.9. The van der Waals surface area contributed by atoms with E-state index < -0.39 is 5.60 Å². The summed E-state index contributed by atoms with van der Waals surface area (Å²) >= 11 is 0. The number of nitrogens with one attached hydrogen (secondary N) is 1. The van der Waals surface area contributed by atoms with Gasteiger partial charge in [0.05, 0.1) is 49.2 Å². The molecule has 2 amide bonds. The second-order valence-electron chi connectivity index (χ2n) is 14.0. The monoisotopic (exact) mass is 638 g/mol. The van der Waals surface area contributed by atoms with Gasteiger partial charge < -0.3 is 29.5 Å².